The lowest BCUT2D eigenvalue weighted by atomic mass is 9.97. The number of hydrogen-bond donors (Lipinski definition) is 1. The molecule has 0 bridgehead atoms. The van der Waals surface area contributed by atoms with Gasteiger partial charge in [-0.25, -0.2) is 0 Å². The van der Waals surface area contributed by atoms with Crippen molar-refractivity contribution in [2.75, 3.05) is 34.3 Å². The summed E-state index contributed by atoms with van der Waals surface area (Å²) in [7, 11) is 5.87. The Morgan fingerprint density at radius 1 is 1.12 bits per heavy atom. The topological polar surface area (TPSA) is 45.6 Å². The van der Waals surface area contributed by atoms with Crippen molar-refractivity contribution >= 4 is 17.3 Å². The number of pyridine rings is 1. The number of nitrogens with one attached hydrogen (secondary N) is 1. The molecule has 0 aliphatic carbocycles. The quantitative estimate of drug-likeness (QED) is 0.550. The van der Waals surface area contributed by atoms with Crippen molar-refractivity contribution in [3.05, 3.63) is 77.4 Å². The third-order valence-corrected chi connectivity index (χ3v) is 6.46. The average molecular weight is 450 g/mol. The first-order valence-electron chi connectivity index (χ1n) is 10.9. The molecule has 1 aliphatic heterocycles. The van der Waals surface area contributed by atoms with Gasteiger partial charge in [-0.05, 0) is 88.2 Å². The minimum Gasteiger partial charge on any atom is -0.497 e. The van der Waals surface area contributed by atoms with Crippen molar-refractivity contribution < 1.29 is 4.74 Å². The van der Waals surface area contributed by atoms with Gasteiger partial charge in [0.2, 0.25) is 0 Å². The molecule has 32 heavy (non-hydrogen) atoms. The van der Waals surface area contributed by atoms with Gasteiger partial charge in [0.15, 0.2) is 5.11 Å². The summed E-state index contributed by atoms with van der Waals surface area (Å²) < 4.78 is 7.64. The maximum Gasteiger partial charge on any atom is 0.170 e. The Labute approximate surface area is 195 Å². The molecule has 1 aromatic carbocycles. The van der Waals surface area contributed by atoms with Crippen LogP contribution < -0.4 is 10.1 Å². The van der Waals surface area contributed by atoms with E-state index in [0.29, 0.717) is 0 Å². The van der Waals surface area contributed by atoms with Crippen molar-refractivity contribution in [2.45, 2.75) is 25.9 Å². The summed E-state index contributed by atoms with van der Waals surface area (Å²) in [6.07, 6.45) is 1.85. The number of aryl methyl sites for hydroxylation is 1. The number of benzene rings is 1. The molecule has 7 heteroatoms. The molecular formula is C25H31N5OS. The number of methoxy groups -OCH3 is 1. The Bertz CT molecular complexity index is 1080. The molecule has 1 aliphatic rings. The normalized spacial score (nSPS) is 18.3. The predicted octanol–water partition coefficient (Wildman–Crippen LogP) is 4.03. The summed E-state index contributed by atoms with van der Waals surface area (Å²) in [6.45, 7) is 6.11. The fourth-order valence-electron chi connectivity index (χ4n) is 4.51. The lowest BCUT2D eigenvalue weighted by Gasteiger charge is -2.29. The summed E-state index contributed by atoms with van der Waals surface area (Å²) in [6, 6.07) is 16.6. The van der Waals surface area contributed by atoms with Crippen LogP contribution in [0.15, 0.2) is 54.7 Å². The SMILES string of the molecule is COc1ccc(-n2c(C)cc([C@@H]3[C@H](c4ccccn4)NC(=S)N3CCN(C)C)c2C)cc1. The fourth-order valence-corrected chi connectivity index (χ4v) is 4.84. The van der Waals surface area contributed by atoms with Gasteiger partial charge in [-0.15, -0.1) is 0 Å². The molecule has 0 spiro atoms. The van der Waals surface area contributed by atoms with Crippen LogP contribution in [0.25, 0.3) is 5.69 Å². The summed E-state index contributed by atoms with van der Waals surface area (Å²) >= 11 is 5.80. The first-order chi connectivity index (χ1) is 15.4. The van der Waals surface area contributed by atoms with E-state index in [1.54, 1.807) is 7.11 Å². The third kappa shape index (κ3) is 4.23. The van der Waals surface area contributed by atoms with E-state index in [1.807, 2.05) is 30.5 Å². The number of likely N-dealkylation sites (N-methyl/N-ethyl adjacent to an activating group) is 1. The monoisotopic (exact) mass is 449 g/mol. The van der Waals surface area contributed by atoms with Crippen molar-refractivity contribution in [1.82, 2.24) is 24.7 Å². The zero-order chi connectivity index (χ0) is 22.8. The lowest BCUT2D eigenvalue weighted by molar-refractivity contribution is 0.277. The number of rotatable bonds is 7. The highest BCUT2D eigenvalue weighted by molar-refractivity contribution is 7.80. The van der Waals surface area contributed by atoms with Gasteiger partial charge in [-0.3, -0.25) is 4.98 Å². The average Bonchev–Trinajstić information content (AvgIpc) is 3.27. The van der Waals surface area contributed by atoms with Crippen molar-refractivity contribution in [3.63, 3.8) is 0 Å². The van der Waals surface area contributed by atoms with E-state index in [2.05, 4.69) is 76.9 Å². The minimum atomic E-state index is -0.00400. The molecule has 1 fully saturated rings. The van der Waals surface area contributed by atoms with Crippen LogP contribution in [0.2, 0.25) is 0 Å². The van der Waals surface area contributed by atoms with E-state index >= 15 is 0 Å². The van der Waals surface area contributed by atoms with E-state index in [1.165, 1.54) is 17.0 Å². The highest BCUT2D eigenvalue weighted by atomic mass is 32.1. The fraction of sp³-hybridized carbons (Fsp3) is 0.360. The number of nitrogens with zero attached hydrogens (tertiary/aromatic N) is 4. The summed E-state index contributed by atoms with van der Waals surface area (Å²) in [5.41, 5.74) is 5.78. The van der Waals surface area contributed by atoms with Gasteiger partial charge in [-0.1, -0.05) is 6.07 Å². The Kier molecular flexibility index (Phi) is 6.48. The predicted molar refractivity (Wildman–Crippen MR) is 133 cm³/mol. The van der Waals surface area contributed by atoms with Gasteiger partial charge < -0.3 is 24.4 Å². The molecule has 0 amide bonds. The number of ether oxygens (including phenoxy) is 1. The Morgan fingerprint density at radius 2 is 1.88 bits per heavy atom. The molecule has 1 saturated heterocycles. The molecule has 3 aromatic rings. The van der Waals surface area contributed by atoms with Gasteiger partial charge >= 0.3 is 0 Å². The molecule has 3 heterocycles. The standard InChI is InChI=1S/C25H31N5OS/c1-17-16-21(18(2)30(17)19-9-11-20(31-5)12-10-19)24-23(22-8-6-7-13-26-22)27-25(32)29(24)15-14-28(3)4/h6-13,16,23-24H,14-15H2,1-5H3,(H,27,32)/t23-,24+/m0/s1. The summed E-state index contributed by atoms with van der Waals surface area (Å²) in [4.78, 5) is 9.16. The van der Waals surface area contributed by atoms with Crippen LogP contribution in [0, 0.1) is 13.8 Å². The van der Waals surface area contributed by atoms with Gasteiger partial charge in [0.25, 0.3) is 0 Å². The minimum absolute atomic E-state index is 0.00400. The first-order valence-corrected chi connectivity index (χ1v) is 11.3. The van der Waals surface area contributed by atoms with Crippen LogP contribution in [0.3, 0.4) is 0 Å². The second-order valence-electron chi connectivity index (χ2n) is 8.48. The highest BCUT2D eigenvalue weighted by Gasteiger charge is 2.41. The van der Waals surface area contributed by atoms with Gasteiger partial charge in [-0.2, -0.15) is 0 Å². The van der Waals surface area contributed by atoms with Crippen LogP contribution in [0.1, 0.15) is 34.7 Å². The van der Waals surface area contributed by atoms with E-state index in [9.17, 15) is 0 Å². The molecule has 2 atom stereocenters. The molecule has 0 saturated carbocycles. The lowest BCUT2D eigenvalue weighted by Crippen LogP contribution is -2.35. The Balaban J connectivity index is 1.78. The maximum atomic E-state index is 5.80. The van der Waals surface area contributed by atoms with Crippen LogP contribution in [0.5, 0.6) is 5.75 Å². The summed E-state index contributed by atoms with van der Waals surface area (Å²) in [5, 5.41) is 4.33. The second-order valence-corrected chi connectivity index (χ2v) is 8.87. The van der Waals surface area contributed by atoms with E-state index in [-0.39, 0.29) is 12.1 Å². The van der Waals surface area contributed by atoms with Crippen LogP contribution >= 0.6 is 12.2 Å². The van der Waals surface area contributed by atoms with Crippen molar-refractivity contribution in [1.29, 1.82) is 0 Å². The van der Waals surface area contributed by atoms with Crippen molar-refractivity contribution in [3.8, 4) is 11.4 Å². The molecule has 1 N–H and O–H groups in total. The van der Waals surface area contributed by atoms with Gasteiger partial charge in [0.05, 0.1) is 24.9 Å². The van der Waals surface area contributed by atoms with Gasteiger partial charge in [0, 0.05) is 36.4 Å². The third-order valence-electron chi connectivity index (χ3n) is 6.11. The molecule has 4 rings (SSSR count). The molecular weight excluding hydrogens is 418 g/mol. The zero-order valence-corrected chi connectivity index (χ0v) is 20.2. The van der Waals surface area contributed by atoms with E-state index in [4.69, 9.17) is 17.0 Å². The molecule has 0 radical (unpaired) electrons. The summed E-state index contributed by atoms with van der Waals surface area (Å²) in [5.74, 6) is 0.854. The van der Waals surface area contributed by atoms with E-state index < -0.39 is 0 Å². The van der Waals surface area contributed by atoms with E-state index in [0.717, 1.165) is 35.3 Å². The highest BCUT2D eigenvalue weighted by Crippen LogP contribution is 2.41. The number of hydrogen-bond acceptors (Lipinski definition) is 4. The molecule has 2 aromatic heterocycles. The van der Waals surface area contributed by atoms with Crippen LogP contribution in [-0.2, 0) is 0 Å². The first kappa shape index (κ1) is 22.3. The Hall–Kier alpha value is -2.90. The largest absolute Gasteiger partial charge is 0.497 e. The van der Waals surface area contributed by atoms with Gasteiger partial charge in [0.1, 0.15) is 5.75 Å². The maximum absolute atomic E-state index is 5.80. The number of aromatic nitrogens is 2. The smallest absolute Gasteiger partial charge is 0.170 e. The van der Waals surface area contributed by atoms with Crippen LogP contribution in [-0.4, -0.2) is 58.8 Å². The second kappa shape index (κ2) is 9.30. The zero-order valence-electron chi connectivity index (χ0n) is 19.4. The molecule has 0 unspecified atom stereocenters. The van der Waals surface area contributed by atoms with Crippen LogP contribution in [0.4, 0.5) is 0 Å². The molecule has 6 nitrogen and oxygen atoms in total. The Morgan fingerprint density at radius 3 is 2.50 bits per heavy atom. The number of thiocarbonyl (C=S) groups is 1. The van der Waals surface area contributed by atoms with Crippen molar-refractivity contribution in [2.24, 2.45) is 0 Å². The molecule has 168 valence electrons.